The molecular weight excluding hydrogens is 455 g/mol. The van der Waals surface area contributed by atoms with Crippen LogP contribution in [0.1, 0.15) is 40.8 Å². The molecule has 1 aromatic heterocycles. The molecule has 7 atom stereocenters. The summed E-state index contributed by atoms with van der Waals surface area (Å²) in [5.41, 5.74) is -3.49. The molecule has 1 aromatic rings. The fraction of sp³-hybridized carbons (Fsp3) is 0.706. The number of hydrogen-bond acceptors (Lipinski definition) is 8. The van der Waals surface area contributed by atoms with Crippen LogP contribution in [0.2, 0.25) is 0 Å². The average molecular weight is 483 g/mol. The number of nitrogens with zero attached hydrogens (tertiary/aromatic N) is 1. The summed E-state index contributed by atoms with van der Waals surface area (Å²) in [6.45, 7) is 7.13. The van der Waals surface area contributed by atoms with E-state index in [1.807, 2.05) is 4.98 Å². The van der Waals surface area contributed by atoms with Gasteiger partial charge >= 0.3 is 18.9 Å². The minimum Gasteiger partial charge on any atom is -0.462 e. The summed E-state index contributed by atoms with van der Waals surface area (Å²) in [6.07, 6.45) is -1.53. The Balaban J connectivity index is 2.11. The Kier molecular flexibility index (Phi) is 8.35. The van der Waals surface area contributed by atoms with Gasteiger partial charge in [-0.2, -0.15) is 0 Å². The van der Waals surface area contributed by atoms with Gasteiger partial charge in [0.15, 0.2) is 11.9 Å². The predicted molar refractivity (Wildman–Crippen MR) is 112 cm³/mol. The zero-order chi connectivity index (χ0) is 23.6. The molecule has 0 radical (unpaired) electrons. The first-order valence-electron chi connectivity index (χ1n) is 9.60. The molecule has 1 aliphatic rings. The van der Waals surface area contributed by atoms with Crippen molar-refractivity contribution in [2.45, 2.75) is 64.8 Å². The molecule has 2 rings (SSSR count). The number of halogens is 1. The van der Waals surface area contributed by atoms with Crippen molar-refractivity contribution in [3.63, 3.8) is 0 Å². The minimum atomic E-state index is -3.87. The van der Waals surface area contributed by atoms with Gasteiger partial charge in [-0.3, -0.25) is 23.7 Å². The zero-order valence-electron chi connectivity index (χ0n) is 17.8. The quantitative estimate of drug-likeness (QED) is 0.350. The molecule has 2 heterocycles. The van der Waals surface area contributed by atoms with Crippen molar-refractivity contribution in [1.29, 1.82) is 0 Å². The fourth-order valence-corrected chi connectivity index (χ4v) is 5.37. The normalized spacial score (nSPS) is 29.4. The fourth-order valence-electron chi connectivity index (χ4n) is 3.05. The Morgan fingerprint density at radius 3 is 2.68 bits per heavy atom. The van der Waals surface area contributed by atoms with Gasteiger partial charge in [0.05, 0.1) is 18.8 Å². The Bertz CT molecular complexity index is 950. The van der Waals surface area contributed by atoms with Gasteiger partial charge in [0.25, 0.3) is 5.56 Å². The highest BCUT2D eigenvalue weighted by Gasteiger charge is 2.53. The Labute approximate surface area is 179 Å². The van der Waals surface area contributed by atoms with E-state index in [0.717, 1.165) is 16.8 Å². The van der Waals surface area contributed by atoms with E-state index >= 15 is 4.39 Å². The van der Waals surface area contributed by atoms with Crippen LogP contribution in [0.5, 0.6) is 0 Å². The maximum atomic E-state index is 15.4. The topological polar surface area (TPSA) is 149 Å². The van der Waals surface area contributed by atoms with Crippen LogP contribution in [0.25, 0.3) is 0 Å². The zero-order valence-corrected chi connectivity index (χ0v) is 19.7. The third kappa shape index (κ3) is 6.09. The van der Waals surface area contributed by atoms with E-state index in [1.165, 1.54) is 20.8 Å². The predicted octanol–water partition coefficient (Wildman–Crippen LogP) is 1.44. The van der Waals surface area contributed by atoms with Crippen molar-refractivity contribution in [3.8, 4) is 0 Å². The first kappa shape index (κ1) is 25.8. The number of esters is 1. The van der Waals surface area contributed by atoms with Gasteiger partial charge in [0.2, 0.25) is 0 Å². The third-order valence-corrected chi connectivity index (χ3v) is 8.03. The van der Waals surface area contributed by atoms with Crippen LogP contribution in [0.4, 0.5) is 4.39 Å². The highest BCUT2D eigenvalue weighted by Crippen LogP contribution is 2.60. The standard InChI is InChI=1S/C17H28FN3O8P2/c1-9(2)28-14(23)11(4)20-31(26,30-25)27-8-12-10(3)17(5,18)15(29-12)21-7-6-13(22)19-16(21)24/h6-7,9-12,15,25,30H,8H2,1-5H3,(H,20,26)(H,19,22,24)/t10-,11+,12-,15-,17-,31+/m1/s1. The maximum Gasteiger partial charge on any atom is 0.330 e. The summed E-state index contributed by atoms with van der Waals surface area (Å²) in [5.74, 6) is -1.47. The summed E-state index contributed by atoms with van der Waals surface area (Å²) < 4.78 is 45.2. The van der Waals surface area contributed by atoms with Gasteiger partial charge < -0.3 is 18.9 Å². The van der Waals surface area contributed by atoms with E-state index in [2.05, 4.69) is 5.09 Å². The molecule has 0 spiro atoms. The van der Waals surface area contributed by atoms with Crippen molar-refractivity contribution >= 4 is 21.7 Å². The van der Waals surface area contributed by atoms with E-state index in [0.29, 0.717) is 0 Å². The van der Waals surface area contributed by atoms with Crippen molar-refractivity contribution in [2.24, 2.45) is 5.92 Å². The second kappa shape index (κ2) is 10.0. The van der Waals surface area contributed by atoms with E-state index < -0.39 is 62.9 Å². The number of hydrogen-bond donors (Lipinski definition) is 3. The molecule has 3 N–H and O–H groups in total. The number of aromatic nitrogens is 2. The van der Waals surface area contributed by atoms with Crippen molar-refractivity contribution < 1.29 is 32.6 Å². The van der Waals surface area contributed by atoms with Crippen LogP contribution in [-0.2, 0) is 23.4 Å². The smallest absolute Gasteiger partial charge is 0.330 e. The molecule has 176 valence electrons. The number of carbonyl (C=O) groups is 1. The molecule has 1 unspecified atom stereocenters. The lowest BCUT2D eigenvalue weighted by Crippen LogP contribution is -2.40. The summed E-state index contributed by atoms with van der Waals surface area (Å²) in [7, 11) is -5.05. The van der Waals surface area contributed by atoms with Crippen LogP contribution in [0.3, 0.4) is 0 Å². The van der Waals surface area contributed by atoms with Gasteiger partial charge in [-0.1, -0.05) is 6.92 Å². The van der Waals surface area contributed by atoms with E-state index in [1.54, 1.807) is 13.8 Å². The van der Waals surface area contributed by atoms with Crippen LogP contribution < -0.4 is 16.3 Å². The summed E-state index contributed by atoms with van der Waals surface area (Å²) in [6, 6.07) is 0.0477. The van der Waals surface area contributed by atoms with Gasteiger partial charge in [0, 0.05) is 18.2 Å². The molecule has 1 aliphatic heterocycles. The SMILES string of the molecule is CC(C)OC(=O)[C@H](C)N[P@](=O)(OC[C@H]1O[C@@H](n2ccc(=O)[nH]c2=O)[C@](C)(F)[C@@H]1C)PO. The maximum absolute atomic E-state index is 15.4. The first-order valence-corrected chi connectivity index (χ1v) is 13.0. The molecule has 0 saturated carbocycles. The molecule has 0 aliphatic carbocycles. The highest BCUT2D eigenvalue weighted by molar-refractivity contribution is 8.19. The number of alkyl halides is 1. The summed E-state index contributed by atoms with van der Waals surface area (Å²) in [5, 5.41) is 2.44. The van der Waals surface area contributed by atoms with E-state index in [4.69, 9.17) is 14.0 Å². The average Bonchev–Trinajstić information content (AvgIpc) is 2.89. The largest absolute Gasteiger partial charge is 0.462 e. The van der Waals surface area contributed by atoms with E-state index in [-0.39, 0.29) is 12.7 Å². The molecule has 1 fully saturated rings. The number of carbonyl (C=O) groups excluding carboxylic acids is 1. The Morgan fingerprint density at radius 2 is 2.13 bits per heavy atom. The van der Waals surface area contributed by atoms with Crippen molar-refractivity contribution in [1.82, 2.24) is 14.6 Å². The van der Waals surface area contributed by atoms with Gasteiger partial charge in [0.1, 0.15) is 14.5 Å². The molecule has 0 bridgehead atoms. The van der Waals surface area contributed by atoms with E-state index in [9.17, 15) is 23.8 Å². The van der Waals surface area contributed by atoms with Gasteiger partial charge in [-0.05, 0) is 27.7 Å². The molecule has 0 amide bonds. The lowest BCUT2D eigenvalue weighted by Gasteiger charge is -2.26. The Hall–Kier alpha value is -1.42. The number of ether oxygens (including phenoxy) is 2. The van der Waals surface area contributed by atoms with Crippen molar-refractivity contribution in [2.75, 3.05) is 6.61 Å². The van der Waals surface area contributed by atoms with Crippen LogP contribution in [0.15, 0.2) is 21.9 Å². The number of H-pyrrole nitrogens is 1. The van der Waals surface area contributed by atoms with Gasteiger partial charge in [-0.15, -0.1) is 0 Å². The highest BCUT2D eigenvalue weighted by atomic mass is 32.1. The van der Waals surface area contributed by atoms with Crippen molar-refractivity contribution in [3.05, 3.63) is 33.1 Å². The number of aromatic amines is 1. The number of rotatable bonds is 9. The van der Waals surface area contributed by atoms with Crippen LogP contribution >= 0.6 is 15.7 Å². The minimum absolute atomic E-state index is 0.376. The first-order chi connectivity index (χ1) is 14.3. The molecule has 11 nitrogen and oxygen atoms in total. The van der Waals surface area contributed by atoms with Crippen LogP contribution in [0, 0.1) is 5.92 Å². The second-order valence-electron chi connectivity index (χ2n) is 7.77. The third-order valence-electron chi connectivity index (χ3n) is 4.96. The number of nitrogens with one attached hydrogen (secondary N) is 2. The Morgan fingerprint density at radius 1 is 1.48 bits per heavy atom. The summed E-state index contributed by atoms with van der Waals surface area (Å²) in [4.78, 5) is 46.9. The molecular formula is C17H28FN3O8P2. The molecule has 0 aromatic carbocycles. The van der Waals surface area contributed by atoms with Gasteiger partial charge in [-0.25, -0.2) is 14.3 Å². The molecule has 31 heavy (non-hydrogen) atoms. The van der Waals surface area contributed by atoms with Crippen LogP contribution in [-0.4, -0.2) is 50.9 Å². The monoisotopic (exact) mass is 483 g/mol. The molecule has 14 heteroatoms. The lowest BCUT2D eigenvalue weighted by atomic mass is 9.90. The molecule has 1 saturated heterocycles. The summed E-state index contributed by atoms with van der Waals surface area (Å²) >= 11 is 0. The second-order valence-corrected chi connectivity index (χ2v) is 12.0. The lowest BCUT2D eigenvalue weighted by molar-refractivity contribution is -0.149.